The van der Waals surface area contributed by atoms with Crippen LogP contribution in [0.25, 0.3) is 21.5 Å². The van der Waals surface area contributed by atoms with Gasteiger partial charge in [-0.25, -0.2) is 0 Å². The van der Waals surface area contributed by atoms with E-state index in [9.17, 15) is 13.2 Å². The summed E-state index contributed by atoms with van der Waals surface area (Å²) in [5.74, 6) is 0. The van der Waals surface area contributed by atoms with Crippen molar-refractivity contribution in [1.82, 2.24) is 0 Å². The van der Waals surface area contributed by atoms with E-state index in [1.54, 1.807) is 6.07 Å². The number of hydrogen-bond acceptors (Lipinski definition) is 0. The summed E-state index contributed by atoms with van der Waals surface area (Å²) in [6.45, 7) is 3.99. The highest BCUT2D eigenvalue weighted by Gasteiger charge is 2.38. The Morgan fingerprint density at radius 1 is 0.810 bits per heavy atom. The van der Waals surface area contributed by atoms with Crippen molar-refractivity contribution in [2.45, 2.75) is 25.4 Å². The lowest BCUT2D eigenvalue weighted by Gasteiger charge is -2.22. The highest BCUT2D eigenvalue weighted by molar-refractivity contribution is 6.14. The van der Waals surface area contributed by atoms with E-state index in [2.05, 4.69) is 0 Å². The fourth-order valence-electron chi connectivity index (χ4n) is 3.57. The maximum Gasteiger partial charge on any atom is 0.416 e. The van der Waals surface area contributed by atoms with Gasteiger partial charge in [-0.2, -0.15) is 13.2 Å². The van der Waals surface area contributed by atoms with E-state index < -0.39 is 17.2 Å². The van der Waals surface area contributed by atoms with Crippen molar-refractivity contribution in [2.75, 3.05) is 0 Å². The fraction of sp³-hybridized carbons (Fsp3) is 0.222. The van der Waals surface area contributed by atoms with Crippen LogP contribution in [-0.4, -0.2) is 0 Å². The first-order valence-corrected chi connectivity index (χ1v) is 6.88. The summed E-state index contributed by atoms with van der Waals surface area (Å²) in [5, 5.41) is 3.83. The molecule has 1 aliphatic carbocycles. The standard InChI is InChI=1S/C18H13F3/c1-17(2)13-5-3-4-10-6-7-11-8-12(18(19,20)21)9-14(17)16(11)15(10)13/h3-9H,1-2H3. The highest BCUT2D eigenvalue weighted by Crippen LogP contribution is 2.50. The maximum atomic E-state index is 13.1. The second-order valence-electron chi connectivity index (χ2n) is 6.21. The molecule has 0 radical (unpaired) electrons. The largest absolute Gasteiger partial charge is 0.416 e. The minimum absolute atomic E-state index is 0.400. The van der Waals surface area contributed by atoms with Gasteiger partial charge in [-0.05, 0) is 44.8 Å². The fourth-order valence-corrected chi connectivity index (χ4v) is 3.57. The molecule has 0 bridgehead atoms. The summed E-state index contributed by atoms with van der Waals surface area (Å²) in [5.41, 5.74) is 0.923. The van der Waals surface area contributed by atoms with Crippen LogP contribution in [0.5, 0.6) is 0 Å². The van der Waals surface area contributed by atoms with Crippen LogP contribution in [0.4, 0.5) is 13.2 Å². The number of alkyl halides is 3. The Bertz CT molecular complexity index is 902. The number of rotatable bonds is 0. The normalized spacial score (nSPS) is 16.2. The highest BCUT2D eigenvalue weighted by atomic mass is 19.4. The van der Waals surface area contributed by atoms with E-state index in [4.69, 9.17) is 0 Å². The monoisotopic (exact) mass is 286 g/mol. The quantitative estimate of drug-likeness (QED) is 0.468. The number of hydrogen-bond donors (Lipinski definition) is 0. The van der Waals surface area contributed by atoms with Crippen molar-refractivity contribution in [2.24, 2.45) is 0 Å². The van der Waals surface area contributed by atoms with Crippen LogP contribution >= 0.6 is 0 Å². The van der Waals surface area contributed by atoms with Gasteiger partial charge in [0.25, 0.3) is 0 Å². The zero-order chi connectivity index (χ0) is 15.0. The van der Waals surface area contributed by atoms with Gasteiger partial charge in [0.1, 0.15) is 0 Å². The molecule has 21 heavy (non-hydrogen) atoms. The van der Waals surface area contributed by atoms with Gasteiger partial charge < -0.3 is 0 Å². The van der Waals surface area contributed by atoms with E-state index in [0.29, 0.717) is 5.39 Å². The number of halogens is 3. The first kappa shape index (κ1) is 12.7. The SMILES string of the molecule is CC1(C)c2cccc3ccc4cc(C(F)(F)F)cc1c4c23. The molecule has 0 amide bonds. The van der Waals surface area contributed by atoms with Gasteiger partial charge in [-0.1, -0.05) is 44.2 Å². The van der Waals surface area contributed by atoms with Gasteiger partial charge in [-0.3, -0.25) is 0 Å². The molecular formula is C18H13F3. The van der Waals surface area contributed by atoms with Gasteiger partial charge in [0.15, 0.2) is 0 Å². The van der Waals surface area contributed by atoms with Gasteiger partial charge >= 0.3 is 6.18 Å². The Balaban J connectivity index is 2.23. The van der Waals surface area contributed by atoms with Crippen molar-refractivity contribution in [3.05, 3.63) is 59.2 Å². The van der Waals surface area contributed by atoms with Crippen molar-refractivity contribution in [3.63, 3.8) is 0 Å². The minimum Gasteiger partial charge on any atom is -0.166 e. The molecule has 4 rings (SSSR count). The molecule has 0 saturated carbocycles. The van der Waals surface area contributed by atoms with Gasteiger partial charge in [0.05, 0.1) is 5.56 Å². The lowest BCUT2D eigenvalue weighted by Crippen LogP contribution is -2.16. The predicted octanol–water partition coefficient (Wildman–Crippen LogP) is 5.65. The lowest BCUT2D eigenvalue weighted by molar-refractivity contribution is -0.137. The molecule has 0 heterocycles. The van der Waals surface area contributed by atoms with Crippen LogP contribution in [0, 0.1) is 0 Å². The first-order valence-electron chi connectivity index (χ1n) is 6.88. The molecule has 1 aliphatic rings. The molecule has 3 heteroatoms. The van der Waals surface area contributed by atoms with E-state index >= 15 is 0 Å². The Morgan fingerprint density at radius 3 is 2.19 bits per heavy atom. The third-order valence-electron chi connectivity index (χ3n) is 4.63. The Hall–Kier alpha value is -2.03. The van der Waals surface area contributed by atoms with Crippen LogP contribution < -0.4 is 0 Å². The smallest absolute Gasteiger partial charge is 0.166 e. The third-order valence-corrected chi connectivity index (χ3v) is 4.63. The second kappa shape index (κ2) is 3.59. The molecule has 0 fully saturated rings. The average molecular weight is 286 g/mol. The van der Waals surface area contributed by atoms with E-state index in [1.165, 1.54) is 12.1 Å². The van der Waals surface area contributed by atoms with Crippen LogP contribution in [0.2, 0.25) is 0 Å². The van der Waals surface area contributed by atoms with Gasteiger partial charge in [0, 0.05) is 5.41 Å². The summed E-state index contributed by atoms with van der Waals surface area (Å²) in [7, 11) is 0. The summed E-state index contributed by atoms with van der Waals surface area (Å²) in [6.07, 6.45) is -4.31. The molecule has 0 saturated heterocycles. The molecule has 0 atom stereocenters. The van der Waals surface area contributed by atoms with Crippen molar-refractivity contribution < 1.29 is 13.2 Å². The van der Waals surface area contributed by atoms with E-state index in [-0.39, 0.29) is 0 Å². The molecule has 0 N–H and O–H groups in total. The lowest BCUT2D eigenvalue weighted by atomic mass is 9.81. The average Bonchev–Trinajstić information content (AvgIpc) is 2.66. The molecule has 0 spiro atoms. The van der Waals surface area contributed by atoms with Crippen molar-refractivity contribution >= 4 is 21.5 Å². The summed E-state index contributed by atoms with van der Waals surface area (Å²) >= 11 is 0. The summed E-state index contributed by atoms with van der Waals surface area (Å²) in [4.78, 5) is 0. The Kier molecular flexibility index (Phi) is 2.17. The van der Waals surface area contributed by atoms with Gasteiger partial charge in [0.2, 0.25) is 0 Å². The van der Waals surface area contributed by atoms with Crippen LogP contribution in [-0.2, 0) is 11.6 Å². The predicted molar refractivity (Wildman–Crippen MR) is 78.6 cm³/mol. The summed E-state index contributed by atoms with van der Waals surface area (Å²) in [6, 6.07) is 12.3. The molecule has 0 aliphatic heterocycles. The first-order chi connectivity index (χ1) is 9.80. The maximum absolute atomic E-state index is 13.1. The van der Waals surface area contributed by atoms with Crippen molar-refractivity contribution in [3.8, 4) is 0 Å². The van der Waals surface area contributed by atoms with E-state index in [0.717, 1.165) is 27.3 Å². The molecule has 3 aromatic rings. The van der Waals surface area contributed by atoms with Crippen LogP contribution in [0.15, 0.2) is 42.5 Å². The molecule has 106 valence electrons. The third kappa shape index (κ3) is 1.52. The summed E-state index contributed by atoms with van der Waals surface area (Å²) < 4.78 is 39.4. The molecule has 0 nitrogen and oxygen atoms in total. The molecule has 0 aromatic heterocycles. The Morgan fingerprint density at radius 2 is 1.48 bits per heavy atom. The zero-order valence-corrected chi connectivity index (χ0v) is 11.7. The second-order valence-corrected chi connectivity index (χ2v) is 6.21. The minimum atomic E-state index is -4.31. The molecule has 3 aromatic carbocycles. The van der Waals surface area contributed by atoms with Crippen LogP contribution in [0.1, 0.15) is 30.5 Å². The van der Waals surface area contributed by atoms with Crippen molar-refractivity contribution in [1.29, 1.82) is 0 Å². The number of benzene rings is 3. The topological polar surface area (TPSA) is 0 Å². The zero-order valence-electron chi connectivity index (χ0n) is 11.7. The van der Waals surface area contributed by atoms with Crippen LogP contribution in [0.3, 0.4) is 0 Å². The van der Waals surface area contributed by atoms with Gasteiger partial charge in [-0.15, -0.1) is 0 Å². The van der Waals surface area contributed by atoms with E-state index in [1.807, 2.05) is 38.1 Å². The molecule has 0 unspecified atom stereocenters. The molecular weight excluding hydrogens is 273 g/mol. The Labute approximate surface area is 120 Å².